The van der Waals surface area contributed by atoms with E-state index in [-0.39, 0.29) is 28.8 Å². The van der Waals surface area contributed by atoms with Gasteiger partial charge in [-0.05, 0) is 6.07 Å². The van der Waals surface area contributed by atoms with Crippen LogP contribution in [0.3, 0.4) is 0 Å². The Morgan fingerprint density at radius 2 is 1.76 bits per heavy atom. The van der Waals surface area contributed by atoms with E-state index >= 15 is 0 Å². The van der Waals surface area contributed by atoms with Gasteiger partial charge in [-0.3, -0.25) is 10.8 Å². The summed E-state index contributed by atoms with van der Waals surface area (Å²) in [5.41, 5.74) is 12.5. The van der Waals surface area contributed by atoms with Crippen LogP contribution < -0.4 is 11.5 Å². The molecule has 0 saturated heterocycles. The average molecular weight is 249 g/mol. The van der Waals surface area contributed by atoms with Crippen LogP contribution in [0, 0.1) is 16.2 Å². The molecule has 0 aromatic heterocycles. The van der Waals surface area contributed by atoms with Crippen LogP contribution in [0.2, 0.25) is 0 Å². The predicted molar refractivity (Wildman–Crippen MR) is 74.4 cm³/mol. The van der Waals surface area contributed by atoms with Crippen molar-refractivity contribution in [3.05, 3.63) is 29.8 Å². The third-order valence-corrected chi connectivity index (χ3v) is 2.86. The molecular formula is C11H15N5S. The van der Waals surface area contributed by atoms with Gasteiger partial charge in [0.2, 0.25) is 0 Å². The van der Waals surface area contributed by atoms with Gasteiger partial charge in [-0.15, -0.1) is 0 Å². The minimum atomic E-state index is 0.119. The lowest BCUT2D eigenvalue weighted by Crippen LogP contribution is -2.13. The third-order valence-electron chi connectivity index (χ3n) is 2.06. The number of hydrogen-bond donors (Lipinski definition) is 5. The lowest BCUT2D eigenvalue weighted by Gasteiger charge is -2.08. The van der Waals surface area contributed by atoms with Gasteiger partial charge < -0.3 is 16.9 Å². The lowest BCUT2D eigenvalue weighted by atomic mass is 10.1. The SMILES string of the molecule is N=C(CN)SC(=N)CC(=N)c1ccccc1N. The van der Waals surface area contributed by atoms with Crippen LogP contribution in [0.1, 0.15) is 12.0 Å². The second kappa shape index (κ2) is 6.17. The van der Waals surface area contributed by atoms with Crippen LogP contribution in [0.5, 0.6) is 0 Å². The quantitative estimate of drug-likeness (QED) is 0.317. The summed E-state index contributed by atoms with van der Waals surface area (Å²) in [7, 11) is 0. The molecule has 1 aromatic rings. The Bertz CT molecular complexity index is 455. The number of anilines is 1. The zero-order valence-electron chi connectivity index (χ0n) is 9.29. The van der Waals surface area contributed by atoms with E-state index < -0.39 is 0 Å². The molecule has 0 unspecified atom stereocenters. The highest BCUT2D eigenvalue weighted by Crippen LogP contribution is 2.16. The van der Waals surface area contributed by atoms with Crippen molar-refractivity contribution >= 4 is 33.2 Å². The molecule has 0 radical (unpaired) electrons. The second-order valence-electron chi connectivity index (χ2n) is 3.40. The third kappa shape index (κ3) is 4.01. The van der Waals surface area contributed by atoms with Gasteiger partial charge >= 0.3 is 0 Å². The molecule has 0 aliphatic carbocycles. The largest absolute Gasteiger partial charge is 0.398 e. The first-order chi connectivity index (χ1) is 8.04. The molecule has 6 heteroatoms. The minimum Gasteiger partial charge on any atom is -0.398 e. The highest BCUT2D eigenvalue weighted by molar-refractivity contribution is 8.26. The van der Waals surface area contributed by atoms with Crippen molar-refractivity contribution in [3.8, 4) is 0 Å². The molecule has 0 fully saturated rings. The maximum atomic E-state index is 7.87. The number of nitrogens with two attached hydrogens (primary N) is 2. The molecule has 0 saturated carbocycles. The summed E-state index contributed by atoms with van der Waals surface area (Å²) in [6, 6.07) is 7.08. The minimum absolute atomic E-state index is 0.119. The first-order valence-corrected chi connectivity index (χ1v) is 5.81. The van der Waals surface area contributed by atoms with Crippen molar-refractivity contribution in [2.75, 3.05) is 12.3 Å². The van der Waals surface area contributed by atoms with Gasteiger partial charge in [0.1, 0.15) is 0 Å². The zero-order valence-corrected chi connectivity index (χ0v) is 10.1. The van der Waals surface area contributed by atoms with Crippen molar-refractivity contribution in [3.63, 3.8) is 0 Å². The van der Waals surface area contributed by atoms with Gasteiger partial charge in [0, 0.05) is 29.9 Å². The number of nitrogen functional groups attached to an aromatic ring is 1. The summed E-state index contributed by atoms with van der Waals surface area (Å²) >= 11 is 0.988. The highest BCUT2D eigenvalue weighted by Gasteiger charge is 2.09. The van der Waals surface area contributed by atoms with Crippen LogP contribution in [0.4, 0.5) is 5.69 Å². The van der Waals surface area contributed by atoms with Gasteiger partial charge in [-0.25, -0.2) is 0 Å². The van der Waals surface area contributed by atoms with Gasteiger partial charge in [-0.1, -0.05) is 30.0 Å². The second-order valence-corrected chi connectivity index (χ2v) is 4.58. The smallest absolute Gasteiger partial charge is 0.0836 e. The van der Waals surface area contributed by atoms with Crippen LogP contribution in [-0.2, 0) is 0 Å². The molecule has 7 N–H and O–H groups in total. The lowest BCUT2D eigenvalue weighted by molar-refractivity contribution is 1.30. The molecule has 1 aromatic carbocycles. The Kier molecular flexibility index (Phi) is 4.86. The molecule has 5 nitrogen and oxygen atoms in total. The summed E-state index contributed by atoms with van der Waals surface area (Å²) in [4.78, 5) is 0. The normalized spacial score (nSPS) is 9.94. The highest BCUT2D eigenvalue weighted by atomic mass is 32.2. The van der Waals surface area contributed by atoms with Crippen molar-refractivity contribution in [2.45, 2.75) is 6.42 Å². The number of benzene rings is 1. The van der Waals surface area contributed by atoms with Crippen molar-refractivity contribution in [2.24, 2.45) is 5.73 Å². The molecule has 0 aliphatic rings. The topological polar surface area (TPSA) is 124 Å². The molecule has 0 aliphatic heterocycles. The van der Waals surface area contributed by atoms with E-state index in [2.05, 4.69) is 0 Å². The fourth-order valence-electron chi connectivity index (χ4n) is 1.25. The Labute approximate surface area is 104 Å². The summed E-state index contributed by atoms with van der Waals surface area (Å²) < 4.78 is 0. The van der Waals surface area contributed by atoms with E-state index in [9.17, 15) is 0 Å². The Hall–Kier alpha value is -1.66. The van der Waals surface area contributed by atoms with Gasteiger partial charge in [0.25, 0.3) is 0 Å². The predicted octanol–water partition coefficient (Wildman–Crippen LogP) is 1.67. The summed E-state index contributed by atoms with van der Waals surface area (Å²) in [6.45, 7) is 0.119. The summed E-state index contributed by atoms with van der Waals surface area (Å²) in [5.74, 6) is 0. The van der Waals surface area contributed by atoms with E-state index in [4.69, 9.17) is 27.7 Å². The Morgan fingerprint density at radius 1 is 1.12 bits per heavy atom. The maximum absolute atomic E-state index is 7.87. The number of thioether (sulfide) groups is 1. The number of rotatable bonds is 4. The summed E-state index contributed by atoms with van der Waals surface area (Å²) in [5, 5.41) is 23.3. The Balaban J connectivity index is 2.64. The van der Waals surface area contributed by atoms with E-state index in [0.717, 1.165) is 11.8 Å². The van der Waals surface area contributed by atoms with E-state index in [0.29, 0.717) is 11.3 Å². The van der Waals surface area contributed by atoms with Crippen LogP contribution >= 0.6 is 11.8 Å². The monoisotopic (exact) mass is 249 g/mol. The number of para-hydroxylation sites is 1. The van der Waals surface area contributed by atoms with E-state index in [1.807, 2.05) is 0 Å². The van der Waals surface area contributed by atoms with Crippen LogP contribution in [0.25, 0.3) is 0 Å². The Morgan fingerprint density at radius 3 is 2.35 bits per heavy atom. The average Bonchev–Trinajstić information content (AvgIpc) is 2.29. The van der Waals surface area contributed by atoms with Gasteiger partial charge in [0.05, 0.1) is 10.1 Å². The fraction of sp³-hybridized carbons (Fsp3) is 0.182. The molecular weight excluding hydrogens is 234 g/mol. The number of hydrogen-bond acceptors (Lipinski definition) is 6. The van der Waals surface area contributed by atoms with Crippen molar-refractivity contribution in [1.29, 1.82) is 16.2 Å². The molecule has 0 atom stereocenters. The first-order valence-electron chi connectivity index (χ1n) is 4.99. The maximum Gasteiger partial charge on any atom is 0.0836 e. The van der Waals surface area contributed by atoms with Crippen molar-refractivity contribution < 1.29 is 0 Å². The summed E-state index contributed by atoms with van der Waals surface area (Å²) in [6.07, 6.45) is 0.168. The van der Waals surface area contributed by atoms with Crippen LogP contribution in [0.15, 0.2) is 24.3 Å². The van der Waals surface area contributed by atoms with E-state index in [1.54, 1.807) is 24.3 Å². The molecule has 90 valence electrons. The van der Waals surface area contributed by atoms with Crippen molar-refractivity contribution in [1.82, 2.24) is 0 Å². The molecule has 1 rings (SSSR count). The standard InChI is InChI=1S/C11H15N5S/c12-6-11(16)17-10(15)5-9(14)7-3-1-2-4-8(7)13/h1-4,14-16H,5-6,12-13H2. The molecule has 0 amide bonds. The van der Waals surface area contributed by atoms with E-state index in [1.165, 1.54) is 0 Å². The van der Waals surface area contributed by atoms with Gasteiger partial charge in [-0.2, -0.15) is 0 Å². The first kappa shape index (κ1) is 13.4. The molecule has 0 bridgehead atoms. The molecule has 0 heterocycles. The van der Waals surface area contributed by atoms with Crippen LogP contribution in [-0.4, -0.2) is 22.3 Å². The zero-order chi connectivity index (χ0) is 12.8. The molecule has 17 heavy (non-hydrogen) atoms. The number of nitrogens with one attached hydrogen (secondary N) is 3. The molecule has 0 spiro atoms. The fourth-order valence-corrected chi connectivity index (χ4v) is 1.85. The van der Waals surface area contributed by atoms with Gasteiger partial charge in [0.15, 0.2) is 0 Å².